The third-order valence-electron chi connectivity index (χ3n) is 4.32. The van der Waals surface area contributed by atoms with Crippen LogP contribution >= 0.6 is 11.6 Å². The van der Waals surface area contributed by atoms with E-state index in [4.69, 9.17) is 21.4 Å². The van der Waals surface area contributed by atoms with E-state index in [-0.39, 0.29) is 36.6 Å². The van der Waals surface area contributed by atoms with Gasteiger partial charge < -0.3 is 20.1 Å². The standard InChI is InChI=1S/C19H21ClN4O4/c1-24(9-10-25)18(26)15-6-3-7-16(21-15)23-19(27)22-14-8-11-28-17-12(14)4-2-5-13(17)20/h2-7,14,25H,8-11H2,1H3,(H2,21,22,23,27)/t14-/m0/s1. The number of anilines is 1. The predicted molar refractivity (Wildman–Crippen MR) is 105 cm³/mol. The Morgan fingerprint density at radius 2 is 2.11 bits per heavy atom. The van der Waals surface area contributed by atoms with E-state index in [2.05, 4.69) is 15.6 Å². The van der Waals surface area contributed by atoms with Gasteiger partial charge in [-0.05, 0) is 18.2 Å². The molecule has 0 bridgehead atoms. The molecule has 2 heterocycles. The molecule has 1 atom stereocenters. The van der Waals surface area contributed by atoms with Crippen LogP contribution in [-0.2, 0) is 0 Å². The molecule has 8 nitrogen and oxygen atoms in total. The van der Waals surface area contributed by atoms with Gasteiger partial charge in [0.05, 0.1) is 24.3 Å². The van der Waals surface area contributed by atoms with Crippen molar-refractivity contribution in [1.29, 1.82) is 0 Å². The second-order valence-electron chi connectivity index (χ2n) is 6.30. The average molecular weight is 405 g/mol. The maximum Gasteiger partial charge on any atom is 0.320 e. The first-order valence-electron chi connectivity index (χ1n) is 8.81. The number of halogens is 1. The lowest BCUT2D eigenvalue weighted by atomic mass is 10.0. The summed E-state index contributed by atoms with van der Waals surface area (Å²) in [6.45, 7) is 0.505. The lowest BCUT2D eigenvalue weighted by Crippen LogP contribution is -2.35. The summed E-state index contributed by atoms with van der Waals surface area (Å²) in [6.07, 6.45) is 0.610. The van der Waals surface area contributed by atoms with E-state index in [1.165, 1.54) is 4.90 Å². The molecule has 0 aliphatic carbocycles. The van der Waals surface area contributed by atoms with Crippen molar-refractivity contribution in [2.75, 3.05) is 32.1 Å². The van der Waals surface area contributed by atoms with Gasteiger partial charge in [0.25, 0.3) is 5.91 Å². The maximum absolute atomic E-state index is 12.4. The minimum Gasteiger partial charge on any atom is -0.492 e. The van der Waals surface area contributed by atoms with Crippen LogP contribution in [0.5, 0.6) is 5.75 Å². The summed E-state index contributed by atoms with van der Waals surface area (Å²) in [4.78, 5) is 30.2. The molecule has 0 saturated heterocycles. The van der Waals surface area contributed by atoms with Crippen molar-refractivity contribution in [2.45, 2.75) is 12.5 Å². The van der Waals surface area contributed by atoms with E-state index >= 15 is 0 Å². The van der Waals surface area contributed by atoms with Crippen molar-refractivity contribution in [3.63, 3.8) is 0 Å². The fourth-order valence-electron chi connectivity index (χ4n) is 2.92. The fraction of sp³-hybridized carbons (Fsp3) is 0.316. The van der Waals surface area contributed by atoms with E-state index in [0.717, 1.165) is 5.56 Å². The Morgan fingerprint density at radius 3 is 2.89 bits per heavy atom. The molecule has 148 valence electrons. The molecule has 0 saturated carbocycles. The van der Waals surface area contributed by atoms with Gasteiger partial charge in [-0.3, -0.25) is 10.1 Å². The van der Waals surface area contributed by atoms with Crippen molar-refractivity contribution in [3.8, 4) is 5.75 Å². The summed E-state index contributed by atoms with van der Waals surface area (Å²) in [5, 5.41) is 15.0. The molecule has 1 aromatic carbocycles. The van der Waals surface area contributed by atoms with Gasteiger partial charge in [0.1, 0.15) is 17.3 Å². The number of nitrogens with zero attached hydrogens (tertiary/aromatic N) is 2. The second-order valence-corrected chi connectivity index (χ2v) is 6.71. The Balaban J connectivity index is 1.67. The van der Waals surface area contributed by atoms with Crippen LogP contribution in [0.1, 0.15) is 28.5 Å². The summed E-state index contributed by atoms with van der Waals surface area (Å²) < 4.78 is 5.59. The molecular formula is C19H21ClN4O4. The van der Waals surface area contributed by atoms with E-state index in [0.29, 0.717) is 23.8 Å². The van der Waals surface area contributed by atoms with Gasteiger partial charge in [0.2, 0.25) is 0 Å². The molecule has 0 radical (unpaired) electrons. The third kappa shape index (κ3) is 4.52. The van der Waals surface area contributed by atoms with Crippen molar-refractivity contribution in [1.82, 2.24) is 15.2 Å². The van der Waals surface area contributed by atoms with Crippen molar-refractivity contribution in [3.05, 3.63) is 52.7 Å². The first-order valence-corrected chi connectivity index (χ1v) is 9.19. The quantitative estimate of drug-likeness (QED) is 0.710. The summed E-state index contributed by atoms with van der Waals surface area (Å²) in [5.41, 5.74) is 0.994. The number of fused-ring (bicyclic) bond motifs is 1. The Kier molecular flexibility index (Phi) is 6.33. The zero-order chi connectivity index (χ0) is 20.1. The zero-order valence-corrected chi connectivity index (χ0v) is 16.1. The zero-order valence-electron chi connectivity index (χ0n) is 15.3. The number of rotatable bonds is 5. The van der Waals surface area contributed by atoms with Gasteiger partial charge >= 0.3 is 6.03 Å². The number of aliphatic hydroxyl groups is 1. The normalized spacial score (nSPS) is 15.2. The van der Waals surface area contributed by atoms with E-state index in [1.807, 2.05) is 12.1 Å². The SMILES string of the molecule is CN(CCO)C(=O)c1cccc(NC(=O)N[C@H]2CCOc3c(Cl)cccc32)n1. The molecule has 1 aromatic heterocycles. The van der Waals surface area contributed by atoms with E-state index in [1.54, 1.807) is 31.3 Å². The van der Waals surface area contributed by atoms with Crippen LogP contribution in [0.2, 0.25) is 5.02 Å². The van der Waals surface area contributed by atoms with Crippen LogP contribution in [0.25, 0.3) is 0 Å². The van der Waals surface area contributed by atoms with Gasteiger partial charge in [-0.2, -0.15) is 0 Å². The summed E-state index contributed by atoms with van der Waals surface area (Å²) in [7, 11) is 1.57. The highest BCUT2D eigenvalue weighted by atomic mass is 35.5. The highest BCUT2D eigenvalue weighted by molar-refractivity contribution is 6.32. The summed E-state index contributed by atoms with van der Waals surface area (Å²) >= 11 is 6.15. The largest absolute Gasteiger partial charge is 0.492 e. The number of aliphatic hydroxyl groups excluding tert-OH is 1. The second kappa shape index (κ2) is 8.90. The monoisotopic (exact) mass is 404 g/mol. The van der Waals surface area contributed by atoms with Crippen LogP contribution in [-0.4, -0.2) is 53.7 Å². The number of carbonyl (C=O) groups is 2. The molecule has 9 heteroatoms. The molecule has 1 aliphatic rings. The third-order valence-corrected chi connectivity index (χ3v) is 4.62. The Labute approximate surface area is 167 Å². The van der Waals surface area contributed by atoms with Crippen LogP contribution in [0.15, 0.2) is 36.4 Å². The lowest BCUT2D eigenvalue weighted by Gasteiger charge is -2.27. The molecule has 3 rings (SSSR count). The molecule has 0 unspecified atom stereocenters. The van der Waals surface area contributed by atoms with Crippen molar-refractivity contribution < 1.29 is 19.4 Å². The predicted octanol–water partition coefficient (Wildman–Crippen LogP) is 2.44. The smallest absolute Gasteiger partial charge is 0.320 e. The molecule has 1 aliphatic heterocycles. The first kappa shape index (κ1) is 19.9. The first-order chi connectivity index (χ1) is 13.5. The van der Waals surface area contributed by atoms with Crippen LogP contribution in [0, 0.1) is 0 Å². The number of nitrogens with one attached hydrogen (secondary N) is 2. The van der Waals surface area contributed by atoms with Crippen molar-refractivity contribution in [2.24, 2.45) is 0 Å². The molecule has 2 aromatic rings. The molecule has 0 fully saturated rings. The highest BCUT2D eigenvalue weighted by Crippen LogP contribution is 2.37. The minimum absolute atomic E-state index is 0.140. The van der Waals surface area contributed by atoms with Crippen LogP contribution < -0.4 is 15.4 Å². The van der Waals surface area contributed by atoms with E-state index < -0.39 is 6.03 Å². The van der Waals surface area contributed by atoms with E-state index in [9.17, 15) is 9.59 Å². The minimum atomic E-state index is -0.446. The lowest BCUT2D eigenvalue weighted by molar-refractivity contribution is 0.0761. The number of pyridine rings is 1. The van der Waals surface area contributed by atoms with Crippen LogP contribution in [0.3, 0.4) is 0 Å². The number of amides is 3. The van der Waals surface area contributed by atoms with Gasteiger partial charge in [-0.1, -0.05) is 29.8 Å². The number of urea groups is 1. The number of benzene rings is 1. The van der Waals surface area contributed by atoms with Crippen molar-refractivity contribution >= 4 is 29.4 Å². The maximum atomic E-state index is 12.4. The van der Waals surface area contributed by atoms with Gasteiger partial charge in [-0.15, -0.1) is 0 Å². The number of hydrogen-bond donors (Lipinski definition) is 3. The fourth-order valence-corrected chi connectivity index (χ4v) is 3.15. The number of aromatic nitrogens is 1. The molecule has 3 N–H and O–H groups in total. The average Bonchev–Trinajstić information content (AvgIpc) is 2.68. The van der Waals surface area contributed by atoms with Gasteiger partial charge in [0, 0.05) is 25.6 Å². The van der Waals surface area contributed by atoms with Crippen LogP contribution in [0.4, 0.5) is 10.6 Å². The van der Waals surface area contributed by atoms with Gasteiger partial charge in [-0.25, -0.2) is 9.78 Å². The highest BCUT2D eigenvalue weighted by Gasteiger charge is 2.25. The Hall–Kier alpha value is -2.84. The Bertz CT molecular complexity index is 877. The number of hydrogen-bond acceptors (Lipinski definition) is 5. The number of para-hydroxylation sites is 1. The molecule has 3 amide bonds. The van der Waals surface area contributed by atoms with Gasteiger partial charge in [0.15, 0.2) is 0 Å². The number of ether oxygens (including phenoxy) is 1. The topological polar surface area (TPSA) is 104 Å². The molecular weight excluding hydrogens is 384 g/mol. The number of likely N-dealkylation sites (N-methyl/N-ethyl adjacent to an activating group) is 1. The summed E-state index contributed by atoms with van der Waals surface area (Å²) in [5.74, 6) is 0.489. The molecule has 28 heavy (non-hydrogen) atoms. The summed E-state index contributed by atoms with van der Waals surface area (Å²) in [6, 6.07) is 9.49. The molecule has 0 spiro atoms. The number of carbonyl (C=O) groups excluding carboxylic acids is 2. The Morgan fingerprint density at radius 1 is 1.32 bits per heavy atom.